The van der Waals surface area contributed by atoms with Crippen molar-refractivity contribution in [2.45, 2.75) is 24.9 Å². The maximum Gasteiger partial charge on any atom is 0.317 e. The molecule has 1 fully saturated rings. The molecule has 1 aliphatic rings. The van der Waals surface area contributed by atoms with E-state index in [0.717, 1.165) is 0 Å². The van der Waals surface area contributed by atoms with Gasteiger partial charge in [0.25, 0.3) is 0 Å². The zero-order valence-corrected chi connectivity index (χ0v) is 9.77. The smallest absolute Gasteiger partial charge is 0.317 e. The Morgan fingerprint density at radius 1 is 1.47 bits per heavy atom. The quantitative estimate of drug-likeness (QED) is 0.864. The first-order chi connectivity index (χ1) is 8.19. The number of ether oxygens (including phenoxy) is 2. The minimum atomic E-state index is -0.940. The lowest BCUT2D eigenvalue weighted by molar-refractivity contribution is -0.148. The van der Waals surface area contributed by atoms with E-state index in [1.807, 2.05) is 0 Å². The van der Waals surface area contributed by atoms with E-state index in [9.17, 15) is 9.90 Å². The summed E-state index contributed by atoms with van der Waals surface area (Å²) in [4.78, 5) is 11.5. The molecule has 0 aliphatic carbocycles. The second-order valence-corrected chi connectivity index (χ2v) is 4.20. The molecule has 0 radical (unpaired) electrons. The molecule has 1 aromatic heterocycles. The number of rotatable bonds is 4. The first-order valence-corrected chi connectivity index (χ1v) is 5.58. The minimum Gasteiger partial charge on any atom is -0.480 e. The van der Waals surface area contributed by atoms with Gasteiger partial charge in [0.15, 0.2) is 0 Å². The van der Waals surface area contributed by atoms with Gasteiger partial charge in [-0.15, -0.1) is 0 Å². The maximum absolute atomic E-state index is 11.5. The van der Waals surface area contributed by atoms with Crippen LogP contribution in [-0.2, 0) is 26.3 Å². The molecule has 17 heavy (non-hydrogen) atoms. The van der Waals surface area contributed by atoms with E-state index in [-0.39, 0.29) is 0 Å². The molecule has 0 aromatic carbocycles. The van der Waals surface area contributed by atoms with Crippen molar-refractivity contribution in [3.63, 3.8) is 0 Å². The number of methoxy groups -OCH3 is 1. The topological polar surface area (TPSA) is 68.9 Å². The second kappa shape index (κ2) is 4.89. The van der Waals surface area contributed by atoms with Crippen molar-refractivity contribution in [1.82, 2.24) is 0 Å². The summed E-state index contributed by atoms with van der Waals surface area (Å²) in [5, 5.41) is 9.43. The monoisotopic (exact) mass is 240 g/mol. The molecule has 1 N–H and O–H groups in total. The molecule has 1 aliphatic heterocycles. The second-order valence-electron chi connectivity index (χ2n) is 4.20. The van der Waals surface area contributed by atoms with E-state index >= 15 is 0 Å². The van der Waals surface area contributed by atoms with Gasteiger partial charge in [-0.3, -0.25) is 4.79 Å². The average molecular weight is 240 g/mol. The lowest BCUT2D eigenvalue weighted by atomic mass is 9.78. The fourth-order valence-corrected chi connectivity index (χ4v) is 2.14. The Morgan fingerprint density at radius 3 is 2.76 bits per heavy atom. The van der Waals surface area contributed by atoms with Crippen LogP contribution >= 0.6 is 0 Å². The van der Waals surface area contributed by atoms with E-state index in [0.29, 0.717) is 44.2 Å². The normalized spacial score (nSPS) is 19.1. The standard InChI is InChI=1S/C12H16O5/c1-15-8-9-2-3-10(17-9)12(11(13)14)4-6-16-7-5-12/h2-3H,4-8H2,1H3,(H,13,14). The summed E-state index contributed by atoms with van der Waals surface area (Å²) in [7, 11) is 1.57. The van der Waals surface area contributed by atoms with Crippen LogP contribution in [0.2, 0.25) is 0 Å². The third-order valence-electron chi connectivity index (χ3n) is 3.18. The number of furan rings is 1. The Bertz CT molecular complexity index is 389. The molecule has 2 rings (SSSR count). The van der Waals surface area contributed by atoms with Gasteiger partial charge >= 0.3 is 5.97 Å². The molecule has 5 nitrogen and oxygen atoms in total. The number of carboxylic acids is 1. The fourth-order valence-electron chi connectivity index (χ4n) is 2.14. The van der Waals surface area contributed by atoms with Gasteiger partial charge in [0.2, 0.25) is 0 Å². The third kappa shape index (κ3) is 2.21. The van der Waals surface area contributed by atoms with Crippen molar-refractivity contribution >= 4 is 5.97 Å². The summed E-state index contributed by atoms with van der Waals surface area (Å²) in [5.74, 6) is 0.300. The van der Waals surface area contributed by atoms with Crippen LogP contribution in [0.1, 0.15) is 24.4 Å². The van der Waals surface area contributed by atoms with Gasteiger partial charge in [-0.1, -0.05) is 0 Å². The van der Waals surface area contributed by atoms with Gasteiger partial charge in [-0.2, -0.15) is 0 Å². The van der Waals surface area contributed by atoms with E-state index in [4.69, 9.17) is 13.9 Å². The highest BCUT2D eigenvalue weighted by atomic mass is 16.5. The Morgan fingerprint density at radius 2 is 2.18 bits per heavy atom. The first kappa shape index (κ1) is 12.1. The van der Waals surface area contributed by atoms with Crippen LogP contribution in [0.25, 0.3) is 0 Å². The molecule has 2 heterocycles. The minimum absolute atomic E-state index is 0.353. The van der Waals surface area contributed by atoms with Crippen molar-refractivity contribution < 1.29 is 23.8 Å². The molecule has 0 amide bonds. The van der Waals surface area contributed by atoms with E-state index < -0.39 is 11.4 Å². The Kier molecular flexibility index (Phi) is 3.49. The fraction of sp³-hybridized carbons (Fsp3) is 0.583. The molecular weight excluding hydrogens is 224 g/mol. The van der Waals surface area contributed by atoms with Crippen LogP contribution in [0.3, 0.4) is 0 Å². The van der Waals surface area contributed by atoms with Crippen LogP contribution in [-0.4, -0.2) is 31.4 Å². The van der Waals surface area contributed by atoms with Gasteiger partial charge in [-0.05, 0) is 25.0 Å². The lowest BCUT2D eigenvalue weighted by Gasteiger charge is -2.31. The zero-order valence-electron chi connectivity index (χ0n) is 9.77. The highest BCUT2D eigenvalue weighted by Gasteiger charge is 2.44. The third-order valence-corrected chi connectivity index (χ3v) is 3.18. The number of aliphatic carboxylic acids is 1. The summed E-state index contributed by atoms with van der Waals surface area (Å²) < 4.78 is 15.7. The van der Waals surface area contributed by atoms with Crippen molar-refractivity contribution in [2.75, 3.05) is 20.3 Å². The van der Waals surface area contributed by atoms with E-state index in [2.05, 4.69) is 0 Å². The summed E-state index contributed by atoms with van der Waals surface area (Å²) >= 11 is 0. The highest BCUT2D eigenvalue weighted by Crippen LogP contribution is 2.36. The largest absolute Gasteiger partial charge is 0.480 e. The van der Waals surface area contributed by atoms with Crippen LogP contribution in [0, 0.1) is 0 Å². The molecule has 0 atom stereocenters. The lowest BCUT2D eigenvalue weighted by Crippen LogP contribution is -2.41. The van der Waals surface area contributed by atoms with Crippen molar-refractivity contribution in [3.8, 4) is 0 Å². The van der Waals surface area contributed by atoms with Gasteiger partial charge in [0, 0.05) is 20.3 Å². The van der Waals surface area contributed by atoms with Crippen molar-refractivity contribution in [2.24, 2.45) is 0 Å². The van der Waals surface area contributed by atoms with Crippen LogP contribution in [0.5, 0.6) is 0 Å². The Labute approximate surface area is 99.3 Å². The van der Waals surface area contributed by atoms with Crippen LogP contribution in [0.15, 0.2) is 16.5 Å². The molecule has 5 heteroatoms. The van der Waals surface area contributed by atoms with Gasteiger partial charge < -0.3 is 19.0 Å². The molecule has 1 saturated heterocycles. The predicted octanol–water partition coefficient (Wildman–Crippen LogP) is 1.56. The van der Waals surface area contributed by atoms with Crippen LogP contribution in [0.4, 0.5) is 0 Å². The summed E-state index contributed by atoms with van der Waals surface area (Å²) in [5.41, 5.74) is -0.940. The molecule has 1 aromatic rings. The highest BCUT2D eigenvalue weighted by molar-refractivity contribution is 5.80. The summed E-state index contributed by atoms with van der Waals surface area (Å²) in [6.07, 6.45) is 0.893. The first-order valence-electron chi connectivity index (χ1n) is 5.58. The summed E-state index contributed by atoms with van der Waals surface area (Å²) in [6.45, 7) is 1.26. The molecule has 0 spiro atoms. The molecular formula is C12H16O5. The predicted molar refractivity (Wildman–Crippen MR) is 58.8 cm³/mol. The number of carbonyl (C=O) groups is 1. The number of carboxylic acid groups (broad SMARTS) is 1. The molecule has 0 saturated carbocycles. The van der Waals surface area contributed by atoms with Gasteiger partial charge in [-0.25, -0.2) is 0 Å². The van der Waals surface area contributed by atoms with Gasteiger partial charge in [0.1, 0.15) is 23.5 Å². The average Bonchev–Trinajstić information content (AvgIpc) is 2.79. The van der Waals surface area contributed by atoms with Gasteiger partial charge in [0.05, 0.1) is 0 Å². The molecule has 94 valence electrons. The van der Waals surface area contributed by atoms with Crippen molar-refractivity contribution in [3.05, 3.63) is 23.7 Å². The summed E-state index contributed by atoms with van der Waals surface area (Å²) in [6, 6.07) is 3.49. The zero-order chi connectivity index (χ0) is 12.3. The molecule has 0 unspecified atom stereocenters. The number of hydrogen-bond acceptors (Lipinski definition) is 4. The Balaban J connectivity index is 2.28. The van der Waals surface area contributed by atoms with Crippen molar-refractivity contribution in [1.29, 1.82) is 0 Å². The Hall–Kier alpha value is -1.33. The number of hydrogen-bond donors (Lipinski definition) is 1. The molecule has 0 bridgehead atoms. The SMILES string of the molecule is COCc1ccc(C2(C(=O)O)CCOCC2)o1. The van der Waals surface area contributed by atoms with E-state index in [1.54, 1.807) is 19.2 Å². The van der Waals surface area contributed by atoms with Crippen LogP contribution < -0.4 is 0 Å². The van der Waals surface area contributed by atoms with E-state index in [1.165, 1.54) is 0 Å². The maximum atomic E-state index is 11.5.